The number of carbonyl (C=O) groups excluding carboxylic acids is 2. The highest BCUT2D eigenvalue weighted by atomic mass is 19.1. The topological polar surface area (TPSA) is 217 Å². The van der Waals surface area contributed by atoms with Crippen molar-refractivity contribution in [2.75, 3.05) is 71.3 Å². The number of aliphatic hydroxyl groups is 1. The van der Waals surface area contributed by atoms with Crippen LogP contribution in [0.3, 0.4) is 0 Å². The highest BCUT2D eigenvalue weighted by Gasteiger charge is 2.32. The SMILES string of the molecule is CN(C)CCCN.[C-]#[N+]c1cn2c(N(Cc3c(F)ccc4c3CCO4)C(=O)OC(C)(C)C)ncc(C(=O)/C=C/N(C)C)c2n1.[C-]#[N+]c1cn2c(NCc3c(F)ccc4c3CCO4)ncc(-c3ccnn3CCO)c2n1. The lowest BCUT2D eigenvalue weighted by Crippen LogP contribution is -2.38. The maximum absolute atomic E-state index is 15.0. The van der Waals surface area contributed by atoms with E-state index in [1.165, 1.54) is 39.9 Å². The first-order valence-electron chi connectivity index (χ1n) is 23.9. The molecule has 0 aliphatic carbocycles. The molecule has 2 aliphatic heterocycles. The molecule has 4 N–H and O–H groups in total. The zero-order valence-electron chi connectivity index (χ0n) is 42.8. The Morgan fingerprint density at radius 2 is 1.55 bits per heavy atom. The van der Waals surface area contributed by atoms with Gasteiger partial charge in [0.15, 0.2) is 5.78 Å². The Balaban J connectivity index is 0.000000196. The largest absolute Gasteiger partial charge is 0.493 e. The molecule has 2 aliphatic rings. The van der Waals surface area contributed by atoms with Crippen LogP contribution < -0.4 is 25.4 Å². The number of aliphatic hydroxyl groups excluding tert-OH is 1. The Bertz CT molecular complexity index is 3310. The Hall–Kier alpha value is -8.51. The van der Waals surface area contributed by atoms with Crippen LogP contribution in [-0.2, 0) is 37.2 Å². The van der Waals surface area contributed by atoms with Gasteiger partial charge in [0, 0.05) is 99.0 Å². The van der Waals surface area contributed by atoms with Crippen molar-refractivity contribution in [3.63, 3.8) is 0 Å². The third kappa shape index (κ3) is 12.8. The van der Waals surface area contributed by atoms with Crippen LogP contribution in [0.25, 0.3) is 32.2 Å². The molecule has 0 radical (unpaired) electrons. The summed E-state index contributed by atoms with van der Waals surface area (Å²) in [7, 11) is 7.65. The van der Waals surface area contributed by atoms with Crippen LogP contribution in [0.1, 0.15) is 59.8 Å². The van der Waals surface area contributed by atoms with Gasteiger partial charge in [-0.3, -0.25) is 18.3 Å². The van der Waals surface area contributed by atoms with Gasteiger partial charge in [-0.05, 0) is 84.7 Å². The number of nitrogens with two attached hydrogens (primary N) is 1. The van der Waals surface area contributed by atoms with Crippen molar-refractivity contribution in [2.24, 2.45) is 5.73 Å². The number of nitrogens with zero attached hydrogens (tertiary/aromatic N) is 13. The first-order valence-corrected chi connectivity index (χ1v) is 23.9. The highest BCUT2D eigenvalue weighted by molar-refractivity contribution is 6.09. The zero-order chi connectivity index (χ0) is 54.0. The smallest absolute Gasteiger partial charge is 0.417 e. The summed E-state index contributed by atoms with van der Waals surface area (Å²) < 4.78 is 51.0. The van der Waals surface area contributed by atoms with Gasteiger partial charge in [0.05, 0.1) is 44.2 Å². The van der Waals surface area contributed by atoms with E-state index >= 15 is 4.39 Å². The Morgan fingerprint density at radius 3 is 2.15 bits per heavy atom. The Morgan fingerprint density at radius 1 is 0.907 bits per heavy atom. The van der Waals surface area contributed by atoms with Gasteiger partial charge < -0.3 is 49.9 Å². The summed E-state index contributed by atoms with van der Waals surface area (Å²) in [6, 6.07) is 7.72. The highest BCUT2D eigenvalue weighted by Crippen LogP contribution is 2.35. The van der Waals surface area contributed by atoms with Gasteiger partial charge in [0.2, 0.25) is 23.2 Å². The fraction of sp³-hybridized carbons (Fsp3) is 0.365. The van der Waals surface area contributed by atoms with Gasteiger partial charge in [-0.1, -0.05) is 23.1 Å². The maximum Gasteiger partial charge on any atom is 0.417 e. The van der Waals surface area contributed by atoms with E-state index in [0.717, 1.165) is 30.8 Å². The number of benzene rings is 2. The molecule has 0 spiro atoms. The monoisotopic (exact) mass is 1030 g/mol. The number of ketones is 1. The predicted octanol–water partition coefficient (Wildman–Crippen LogP) is 7.27. The number of aromatic nitrogens is 8. The number of carbonyl (C=O) groups is 2. The van der Waals surface area contributed by atoms with Crippen molar-refractivity contribution < 1.29 is 37.7 Å². The second-order valence-electron chi connectivity index (χ2n) is 18.7. The maximum atomic E-state index is 15.0. The predicted molar refractivity (Wildman–Crippen MR) is 277 cm³/mol. The molecule has 0 saturated heterocycles. The van der Waals surface area contributed by atoms with E-state index in [0.29, 0.717) is 72.4 Å². The molecule has 1 amide bonds. The third-order valence-electron chi connectivity index (χ3n) is 11.5. The summed E-state index contributed by atoms with van der Waals surface area (Å²) in [5.41, 5.74) is 8.94. The normalized spacial score (nSPS) is 12.5. The van der Waals surface area contributed by atoms with E-state index in [2.05, 4.69) is 59.0 Å². The number of amides is 1. The molecule has 0 atom stereocenters. The van der Waals surface area contributed by atoms with Crippen LogP contribution in [0.5, 0.6) is 11.5 Å². The van der Waals surface area contributed by atoms with Gasteiger partial charge in [-0.25, -0.2) is 28.4 Å². The number of fused-ring (bicyclic) bond motifs is 4. The number of hydrogen-bond donors (Lipinski definition) is 3. The minimum atomic E-state index is -0.849. The first-order chi connectivity index (χ1) is 35.9. The van der Waals surface area contributed by atoms with Gasteiger partial charge in [-0.2, -0.15) is 5.10 Å². The molecular weight excluding hydrogens is 969 g/mol. The molecule has 75 heavy (non-hydrogen) atoms. The summed E-state index contributed by atoms with van der Waals surface area (Å²) in [5, 5.41) is 16.7. The van der Waals surface area contributed by atoms with Crippen LogP contribution in [-0.4, -0.2) is 132 Å². The first kappa shape index (κ1) is 54.3. The zero-order valence-corrected chi connectivity index (χ0v) is 42.8. The van der Waals surface area contributed by atoms with Crippen molar-refractivity contribution in [2.45, 2.75) is 65.3 Å². The molecule has 7 heterocycles. The fourth-order valence-corrected chi connectivity index (χ4v) is 8.11. The van der Waals surface area contributed by atoms with Crippen LogP contribution >= 0.6 is 0 Å². The average molecular weight is 1030 g/mol. The van der Waals surface area contributed by atoms with Gasteiger partial charge in [0.25, 0.3) is 11.6 Å². The van der Waals surface area contributed by atoms with E-state index < -0.39 is 17.5 Å². The number of halogens is 2. The lowest BCUT2D eigenvalue weighted by molar-refractivity contribution is 0.0574. The number of rotatable bonds is 15. The number of ether oxygens (including phenoxy) is 3. The quantitative estimate of drug-likeness (QED) is 0.0523. The summed E-state index contributed by atoms with van der Waals surface area (Å²) in [6.07, 6.45) is 11.9. The van der Waals surface area contributed by atoms with Crippen molar-refractivity contribution in [1.29, 1.82) is 0 Å². The molecule has 7 aromatic rings. The Kier molecular flexibility index (Phi) is 17.4. The van der Waals surface area contributed by atoms with Crippen LogP contribution in [0.4, 0.5) is 37.1 Å². The summed E-state index contributed by atoms with van der Waals surface area (Å²) in [5.74, 6) is 0.766. The van der Waals surface area contributed by atoms with Crippen molar-refractivity contribution >= 4 is 46.7 Å². The fourth-order valence-electron chi connectivity index (χ4n) is 8.11. The standard InChI is InChI=1S/C26H27FN6O4.C21H18FN7O2.C5H14N2/c1-26(2,3)37-25(35)33(14-18-16-10-12-36-21(16)8-7-19(18)27)24-29-13-17(20(34)9-11-31(5)6)23-30-22(28-4)15-32(23)24;1-23-19-12-28-20(27-19)15(17-4-6-26-29(17)7-8-30)11-25-21(28)24-10-14-13-5-9-31-18(13)3-2-16(14)22;1-7(2)5-3-4-6/h7-9,11,13,15H,10,12,14H2,1-3,5-6H3;2-4,6,11-12,30H,5,7-10H2,(H,24,25);3-6H2,1-2H3/b11-9+;;. The second-order valence-corrected chi connectivity index (χ2v) is 18.7. The molecule has 0 saturated carbocycles. The van der Waals surface area contributed by atoms with Crippen molar-refractivity contribution in [1.82, 2.24) is 48.3 Å². The lowest BCUT2D eigenvalue weighted by Gasteiger charge is -2.27. The average Bonchev–Trinajstić information content (AvgIpc) is 4.25. The van der Waals surface area contributed by atoms with Crippen molar-refractivity contribution in [3.05, 3.63) is 136 Å². The van der Waals surface area contributed by atoms with E-state index in [9.17, 15) is 19.1 Å². The van der Waals surface area contributed by atoms with Gasteiger partial charge in [-0.15, -0.1) is 0 Å². The molecule has 392 valence electrons. The number of allylic oxidation sites excluding steroid dienone is 1. The summed E-state index contributed by atoms with van der Waals surface area (Å²) >= 11 is 0. The van der Waals surface area contributed by atoms with Gasteiger partial charge in [0.1, 0.15) is 34.3 Å². The van der Waals surface area contributed by atoms with Crippen LogP contribution in [0.2, 0.25) is 0 Å². The summed E-state index contributed by atoms with van der Waals surface area (Å²) in [4.78, 5) is 55.7. The van der Waals surface area contributed by atoms with Crippen LogP contribution in [0, 0.1) is 24.8 Å². The molecule has 0 fully saturated rings. The van der Waals surface area contributed by atoms with E-state index in [4.69, 9.17) is 33.1 Å². The number of anilines is 2. The minimum Gasteiger partial charge on any atom is -0.493 e. The summed E-state index contributed by atoms with van der Waals surface area (Å²) in [6.45, 7) is 23.0. The lowest BCUT2D eigenvalue weighted by atomic mass is 10.0. The molecule has 0 bridgehead atoms. The van der Waals surface area contributed by atoms with Crippen molar-refractivity contribution in [3.8, 4) is 22.8 Å². The molecule has 2 aromatic carbocycles. The van der Waals surface area contributed by atoms with E-state index in [1.807, 2.05) is 0 Å². The number of hydrogen-bond acceptors (Lipinski definition) is 15. The second kappa shape index (κ2) is 24.0. The van der Waals surface area contributed by atoms with E-state index in [1.54, 1.807) is 91.8 Å². The molecular formula is C52H59F2N15O6. The van der Waals surface area contributed by atoms with Gasteiger partial charge >= 0.3 is 6.09 Å². The molecule has 0 unspecified atom stereocenters. The molecule has 5 aromatic heterocycles. The number of imidazole rings is 2. The molecule has 9 rings (SSSR count). The third-order valence-corrected chi connectivity index (χ3v) is 11.5. The van der Waals surface area contributed by atoms with E-state index in [-0.39, 0.29) is 65.7 Å². The Labute approximate surface area is 432 Å². The minimum absolute atomic E-state index is 0.00390. The van der Waals surface area contributed by atoms with Crippen LogP contribution in [0.15, 0.2) is 73.6 Å². The molecule has 23 heteroatoms. The molecule has 21 nitrogen and oxygen atoms in total. The number of nitrogens with one attached hydrogen (secondary N) is 1.